The van der Waals surface area contributed by atoms with E-state index in [-0.39, 0.29) is 17.0 Å². The molecule has 1 aromatic heterocycles. The Morgan fingerprint density at radius 1 is 1.64 bits per heavy atom. The summed E-state index contributed by atoms with van der Waals surface area (Å²) in [5, 5.41) is 8.23. The van der Waals surface area contributed by atoms with Gasteiger partial charge in [-0.3, -0.25) is 4.79 Å². The standard InChI is InChI=1S/C8H5ClF2N2O/c9-5-3-6(7(10)11)13-8(14)4(5)1-2-12/h3,7H,1H2,(H,13,14). The number of rotatable bonds is 2. The van der Waals surface area contributed by atoms with E-state index in [2.05, 4.69) is 0 Å². The van der Waals surface area contributed by atoms with Gasteiger partial charge in [-0.15, -0.1) is 0 Å². The maximum Gasteiger partial charge on any atom is 0.278 e. The zero-order valence-corrected chi connectivity index (χ0v) is 7.61. The zero-order chi connectivity index (χ0) is 10.7. The molecule has 6 heteroatoms. The number of nitrogens with one attached hydrogen (secondary N) is 1. The molecule has 1 N–H and O–H groups in total. The highest BCUT2D eigenvalue weighted by atomic mass is 35.5. The van der Waals surface area contributed by atoms with Gasteiger partial charge in [0.05, 0.1) is 23.2 Å². The smallest absolute Gasteiger partial charge is 0.278 e. The molecule has 0 aromatic carbocycles. The summed E-state index contributed by atoms with van der Waals surface area (Å²) in [6.45, 7) is 0. The Morgan fingerprint density at radius 2 is 2.29 bits per heavy atom. The van der Waals surface area contributed by atoms with Gasteiger partial charge < -0.3 is 4.98 Å². The lowest BCUT2D eigenvalue weighted by atomic mass is 10.2. The number of hydrogen-bond acceptors (Lipinski definition) is 2. The normalized spacial score (nSPS) is 10.2. The zero-order valence-electron chi connectivity index (χ0n) is 6.85. The van der Waals surface area contributed by atoms with Gasteiger partial charge in [-0.05, 0) is 6.07 Å². The van der Waals surface area contributed by atoms with Crippen molar-refractivity contribution >= 4 is 11.6 Å². The average Bonchev–Trinajstić information content (AvgIpc) is 2.10. The molecule has 74 valence electrons. The van der Waals surface area contributed by atoms with Crippen molar-refractivity contribution in [1.82, 2.24) is 4.98 Å². The summed E-state index contributed by atoms with van der Waals surface area (Å²) in [7, 11) is 0. The average molecular weight is 219 g/mol. The van der Waals surface area contributed by atoms with Crippen LogP contribution in [0.1, 0.15) is 17.7 Å². The number of pyridine rings is 1. The number of nitriles is 1. The van der Waals surface area contributed by atoms with Crippen molar-refractivity contribution in [1.29, 1.82) is 5.26 Å². The topological polar surface area (TPSA) is 56.6 Å². The monoisotopic (exact) mass is 218 g/mol. The van der Waals surface area contributed by atoms with E-state index in [4.69, 9.17) is 16.9 Å². The second-order valence-corrected chi connectivity index (χ2v) is 2.92. The van der Waals surface area contributed by atoms with Crippen molar-refractivity contribution in [3.05, 3.63) is 32.7 Å². The molecule has 1 heterocycles. The second kappa shape index (κ2) is 4.20. The minimum atomic E-state index is -2.78. The number of hydrogen-bond donors (Lipinski definition) is 1. The minimum Gasteiger partial charge on any atom is -0.321 e. The van der Waals surface area contributed by atoms with Crippen LogP contribution in [0.25, 0.3) is 0 Å². The lowest BCUT2D eigenvalue weighted by molar-refractivity contribution is 0.146. The SMILES string of the molecule is N#CCc1c(Cl)cc(C(F)F)[nH]c1=O. The van der Waals surface area contributed by atoms with Gasteiger partial charge >= 0.3 is 0 Å². The molecule has 0 aliphatic rings. The third-order valence-electron chi connectivity index (χ3n) is 1.59. The maximum atomic E-state index is 12.2. The fourth-order valence-electron chi connectivity index (χ4n) is 0.936. The van der Waals surface area contributed by atoms with Gasteiger partial charge in [0.15, 0.2) is 0 Å². The van der Waals surface area contributed by atoms with Gasteiger partial charge in [0, 0.05) is 5.56 Å². The molecule has 0 aliphatic heterocycles. The molecule has 0 aliphatic carbocycles. The molecule has 0 bridgehead atoms. The molecule has 0 radical (unpaired) electrons. The molecule has 0 amide bonds. The first-order chi connectivity index (χ1) is 6.56. The van der Waals surface area contributed by atoms with E-state index in [1.807, 2.05) is 4.98 Å². The largest absolute Gasteiger partial charge is 0.321 e. The molecular weight excluding hydrogens is 214 g/mol. The van der Waals surface area contributed by atoms with Gasteiger partial charge in [-0.1, -0.05) is 11.6 Å². The number of nitrogens with zero attached hydrogens (tertiary/aromatic N) is 1. The van der Waals surface area contributed by atoms with Crippen molar-refractivity contribution in [2.24, 2.45) is 0 Å². The lowest BCUT2D eigenvalue weighted by Crippen LogP contribution is -2.15. The first-order valence-electron chi connectivity index (χ1n) is 3.63. The van der Waals surface area contributed by atoms with E-state index in [9.17, 15) is 13.6 Å². The predicted octanol–water partition coefficient (Wildman–Crippen LogP) is 2.03. The molecule has 0 spiro atoms. The molecule has 1 rings (SSSR count). The van der Waals surface area contributed by atoms with Crippen LogP contribution in [0.2, 0.25) is 5.02 Å². The summed E-state index contributed by atoms with van der Waals surface area (Å²) in [6, 6.07) is 2.68. The van der Waals surface area contributed by atoms with Gasteiger partial charge in [0.2, 0.25) is 0 Å². The molecular formula is C8H5ClF2N2O. The fourth-order valence-corrected chi connectivity index (χ4v) is 1.21. The summed E-state index contributed by atoms with van der Waals surface area (Å²) >= 11 is 5.55. The first-order valence-corrected chi connectivity index (χ1v) is 4.00. The van der Waals surface area contributed by atoms with Gasteiger partial charge in [0.25, 0.3) is 12.0 Å². The van der Waals surface area contributed by atoms with E-state index in [1.54, 1.807) is 6.07 Å². The number of alkyl halides is 2. The van der Waals surface area contributed by atoms with Gasteiger partial charge in [-0.2, -0.15) is 5.26 Å². The van der Waals surface area contributed by atoms with Crippen molar-refractivity contribution in [3.8, 4) is 6.07 Å². The van der Waals surface area contributed by atoms with E-state index in [1.165, 1.54) is 0 Å². The van der Waals surface area contributed by atoms with Crippen LogP contribution in [-0.4, -0.2) is 4.98 Å². The van der Waals surface area contributed by atoms with Gasteiger partial charge in [-0.25, -0.2) is 8.78 Å². The number of halogens is 3. The molecule has 0 saturated carbocycles. The van der Waals surface area contributed by atoms with Gasteiger partial charge in [0.1, 0.15) is 0 Å². The Bertz CT molecular complexity index is 436. The van der Waals surface area contributed by atoms with Crippen LogP contribution in [0.3, 0.4) is 0 Å². The Kier molecular flexibility index (Phi) is 3.20. The fraction of sp³-hybridized carbons (Fsp3) is 0.250. The van der Waals surface area contributed by atoms with E-state index >= 15 is 0 Å². The van der Waals surface area contributed by atoms with Crippen LogP contribution in [0.4, 0.5) is 8.78 Å². The maximum absolute atomic E-state index is 12.2. The third kappa shape index (κ3) is 2.09. The van der Waals surface area contributed by atoms with Crippen molar-refractivity contribution in [3.63, 3.8) is 0 Å². The summed E-state index contributed by atoms with van der Waals surface area (Å²) < 4.78 is 24.3. The summed E-state index contributed by atoms with van der Waals surface area (Å²) in [5.74, 6) is 0. The van der Waals surface area contributed by atoms with E-state index in [0.29, 0.717) is 0 Å². The number of aromatic amines is 1. The predicted molar refractivity (Wildman–Crippen MR) is 46.3 cm³/mol. The lowest BCUT2D eigenvalue weighted by Gasteiger charge is -2.02. The van der Waals surface area contributed by atoms with Crippen LogP contribution in [0.15, 0.2) is 10.9 Å². The first kappa shape index (κ1) is 10.7. The Morgan fingerprint density at radius 3 is 2.71 bits per heavy atom. The highest BCUT2D eigenvalue weighted by molar-refractivity contribution is 6.31. The molecule has 0 fully saturated rings. The van der Waals surface area contributed by atoms with Crippen LogP contribution >= 0.6 is 11.6 Å². The number of aromatic nitrogens is 1. The quantitative estimate of drug-likeness (QED) is 0.826. The summed E-state index contributed by atoms with van der Waals surface area (Å²) in [5.41, 5.74) is -1.27. The number of H-pyrrole nitrogens is 1. The summed E-state index contributed by atoms with van der Waals surface area (Å²) in [6.07, 6.45) is -2.98. The van der Waals surface area contributed by atoms with Crippen molar-refractivity contribution in [2.75, 3.05) is 0 Å². The molecule has 14 heavy (non-hydrogen) atoms. The summed E-state index contributed by atoms with van der Waals surface area (Å²) in [4.78, 5) is 13.1. The third-order valence-corrected chi connectivity index (χ3v) is 1.93. The highest BCUT2D eigenvalue weighted by Gasteiger charge is 2.13. The Balaban J connectivity index is 3.27. The Labute approximate surface area is 82.9 Å². The van der Waals surface area contributed by atoms with Crippen molar-refractivity contribution < 1.29 is 8.78 Å². The van der Waals surface area contributed by atoms with Crippen molar-refractivity contribution in [2.45, 2.75) is 12.8 Å². The highest BCUT2D eigenvalue weighted by Crippen LogP contribution is 2.20. The second-order valence-electron chi connectivity index (χ2n) is 2.52. The van der Waals surface area contributed by atoms with E-state index < -0.39 is 17.7 Å². The molecule has 1 aromatic rings. The van der Waals surface area contributed by atoms with Crippen LogP contribution in [0.5, 0.6) is 0 Å². The molecule has 0 unspecified atom stereocenters. The molecule has 3 nitrogen and oxygen atoms in total. The molecule has 0 saturated heterocycles. The minimum absolute atomic E-state index is 0.0126. The Hall–Kier alpha value is -1.41. The van der Waals surface area contributed by atoms with Crippen LogP contribution in [-0.2, 0) is 6.42 Å². The van der Waals surface area contributed by atoms with Crippen LogP contribution in [0, 0.1) is 11.3 Å². The van der Waals surface area contributed by atoms with E-state index in [0.717, 1.165) is 6.07 Å². The van der Waals surface area contributed by atoms with Crippen LogP contribution < -0.4 is 5.56 Å². The molecule has 0 atom stereocenters.